The summed E-state index contributed by atoms with van der Waals surface area (Å²) in [7, 11) is -0.206. The fourth-order valence-electron chi connectivity index (χ4n) is 6.01. The van der Waals surface area contributed by atoms with E-state index in [-0.39, 0.29) is 36.9 Å². The van der Waals surface area contributed by atoms with Gasteiger partial charge in [0.2, 0.25) is 5.28 Å². The van der Waals surface area contributed by atoms with Crippen LogP contribution in [-0.4, -0.2) is 78.3 Å². The fourth-order valence-corrected chi connectivity index (χ4v) is 7.70. The van der Waals surface area contributed by atoms with Crippen LogP contribution in [0.3, 0.4) is 0 Å². The molecule has 6 N–H and O–H groups in total. The van der Waals surface area contributed by atoms with Crippen LogP contribution in [0.15, 0.2) is 73.1 Å². The molecular formula is C34H40ClN6O5P. The van der Waals surface area contributed by atoms with Crippen molar-refractivity contribution in [2.75, 3.05) is 24.3 Å². The van der Waals surface area contributed by atoms with Crippen LogP contribution in [0, 0.1) is 0 Å². The quantitative estimate of drug-likeness (QED) is 0.0648. The average molecular weight is 679 g/mol. The number of hydrogen-bond acceptors (Lipinski definition) is 10. The summed E-state index contributed by atoms with van der Waals surface area (Å²) < 4.78 is 13.6. The average Bonchev–Trinajstić information content (AvgIpc) is 3.57. The summed E-state index contributed by atoms with van der Waals surface area (Å²) in [4.78, 5) is 12.4. The van der Waals surface area contributed by atoms with E-state index in [4.69, 9.17) is 26.8 Å². The SMILES string of the molecule is CCCCCOC[C@H](Cc1ccccc1)Nc1ccc2ccccc2c1PC(O)[C@H]1O[C@@H](n2c(Cl)nc3c(N)ncnc32)[C@H](O)[C@@H]1O. The van der Waals surface area contributed by atoms with Crippen molar-refractivity contribution in [3.63, 3.8) is 0 Å². The number of nitrogens with zero attached hydrogens (tertiary/aromatic N) is 4. The number of aliphatic hydroxyl groups is 3. The lowest BCUT2D eigenvalue weighted by molar-refractivity contribution is -0.0599. The van der Waals surface area contributed by atoms with Gasteiger partial charge in [0.05, 0.1) is 12.6 Å². The molecule has 0 saturated carbocycles. The van der Waals surface area contributed by atoms with Crippen LogP contribution in [-0.2, 0) is 15.9 Å². The fraction of sp³-hybridized carbons (Fsp3) is 0.382. The minimum Gasteiger partial charge on any atom is -0.387 e. The van der Waals surface area contributed by atoms with E-state index >= 15 is 0 Å². The number of nitrogen functional groups attached to an aromatic ring is 1. The molecule has 0 amide bonds. The van der Waals surface area contributed by atoms with E-state index in [1.54, 1.807) is 0 Å². The predicted octanol–water partition coefficient (Wildman–Crippen LogP) is 4.39. The van der Waals surface area contributed by atoms with Gasteiger partial charge in [0.15, 0.2) is 23.2 Å². The van der Waals surface area contributed by atoms with Crippen LogP contribution >= 0.6 is 20.2 Å². The number of ether oxygens (including phenoxy) is 2. The first-order valence-corrected chi connectivity index (χ1v) is 17.3. The van der Waals surface area contributed by atoms with Crippen molar-refractivity contribution in [2.24, 2.45) is 0 Å². The number of anilines is 2. The molecule has 11 nitrogen and oxygen atoms in total. The van der Waals surface area contributed by atoms with Crippen LogP contribution < -0.4 is 16.4 Å². The van der Waals surface area contributed by atoms with Gasteiger partial charge in [-0.15, -0.1) is 0 Å². The van der Waals surface area contributed by atoms with Crippen LogP contribution in [0.25, 0.3) is 21.9 Å². The second kappa shape index (κ2) is 15.2. The van der Waals surface area contributed by atoms with Gasteiger partial charge >= 0.3 is 0 Å². The zero-order chi connectivity index (χ0) is 32.9. The molecule has 3 heterocycles. The molecule has 47 heavy (non-hydrogen) atoms. The second-order valence-electron chi connectivity index (χ2n) is 11.8. The zero-order valence-corrected chi connectivity index (χ0v) is 27.8. The molecule has 1 aliphatic heterocycles. The van der Waals surface area contributed by atoms with Crippen molar-refractivity contribution in [3.05, 3.63) is 83.9 Å². The summed E-state index contributed by atoms with van der Waals surface area (Å²) in [5.41, 5.74) is 8.50. The number of nitrogens with two attached hydrogens (primary N) is 1. The van der Waals surface area contributed by atoms with Gasteiger partial charge in [0, 0.05) is 17.6 Å². The van der Waals surface area contributed by atoms with E-state index in [9.17, 15) is 15.3 Å². The molecule has 0 radical (unpaired) electrons. The monoisotopic (exact) mass is 678 g/mol. The van der Waals surface area contributed by atoms with Crippen LogP contribution in [0.2, 0.25) is 5.28 Å². The molecule has 0 aliphatic carbocycles. The summed E-state index contributed by atoms with van der Waals surface area (Å²) in [5, 5.41) is 40.5. The Morgan fingerprint density at radius 3 is 2.64 bits per heavy atom. The molecule has 248 valence electrons. The smallest absolute Gasteiger partial charge is 0.207 e. The number of aromatic nitrogens is 4. The van der Waals surface area contributed by atoms with Crippen molar-refractivity contribution < 1.29 is 24.8 Å². The lowest BCUT2D eigenvalue weighted by Gasteiger charge is -2.26. The number of hydrogen-bond donors (Lipinski definition) is 5. The Bertz CT molecular complexity index is 1800. The van der Waals surface area contributed by atoms with E-state index in [1.807, 2.05) is 48.5 Å². The Morgan fingerprint density at radius 1 is 1.04 bits per heavy atom. The third-order valence-corrected chi connectivity index (χ3v) is 10.1. The number of rotatable bonds is 14. The summed E-state index contributed by atoms with van der Waals surface area (Å²) in [6.45, 7) is 3.39. The third kappa shape index (κ3) is 7.37. The number of benzene rings is 3. The van der Waals surface area contributed by atoms with Crippen LogP contribution in [0.1, 0.15) is 38.0 Å². The van der Waals surface area contributed by atoms with Gasteiger partial charge in [-0.2, -0.15) is 0 Å². The van der Waals surface area contributed by atoms with Gasteiger partial charge in [0.1, 0.15) is 30.5 Å². The van der Waals surface area contributed by atoms with Crippen molar-refractivity contribution >= 4 is 58.9 Å². The molecule has 3 aromatic carbocycles. The van der Waals surface area contributed by atoms with Gasteiger partial charge in [-0.3, -0.25) is 4.57 Å². The lowest BCUT2D eigenvalue weighted by Crippen LogP contribution is -2.37. The first kappa shape index (κ1) is 33.5. The van der Waals surface area contributed by atoms with Gasteiger partial charge in [-0.1, -0.05) is 89.0 Å². The van der Waals surface area contributed by atoms with Crippen LogP contribution in [0.5, 0.6) is 0 Å². The molecule has 1 fully saturated rings. The Labute approximate surface area is 279 Å². The Kier molecular flexibility index (Phi) is 10.8. The summed E-state index contributed by atoms with van der Waals surface area (Å²) in [5.74, 6) is -1.04. The first-order chi connectivity index (χ1) is 22.9. The molecular weight excluding hydrogens is 639 g/mol. The second-order valence-corrected chi connectivity index (χ2v) is 13.5. The van der Waals surface area contributed by atoms with E-state index in [2.05, 4.69) is 45.4 Å². The Morgan fingerprint density at radius 2 is 1.83 bits per heavy atom. The predicted molar refractivity (Wildman–Crippen MR) is 186 cm³/mol. The number of fused-ring (bicyclic) bond motifs is 2. The van der Waals surface area contributed by atoms with Crippen LogP contribution in [0.4, 0.5) is 11.5 Å². The number of aliphatic hydroxyl groups excluding tert-OH is 3. The molecule has 1 aliphatic rings. The van der Waals surface area contributed by atoms with Gasteiger partial charge in [-0.25, -0.2) is 15.0 Å². The molecule has 1 saturated heterocycles. The highest BCUT2D eigenvalue weighted by Gasteiger charge is 2.48. The van der Waals surface area contributed by atoms with Gasteiger partial charge in [0.25, 0.3) is 0 Å². The summed E-state index contributed by atoms with van der Waals surface area (Å²) in [6, 6.07) is 22.3. The summed E-state index contributed by atoms with van der Waals surface area (Å²) in [6.07, 6.45) is 0.152. The maximum Gasteiger partial charge on any atom is 0.207 e. The molecule has 6 rings (SSSR count). The zero-order valence-electron chi connectivity index (χ0n) is 26.0. The van der Waals surface area contributed by atoms with E-state index in [0.717, 1.165) is 47.4 Å². The number of nitrogens with one attached hydrogen (secondary N) is 1. The van der Waals surface area contributed by atoms with E-state index < -0.39 is 30.4 Å². The van der Waals surface area contributed by atoms with Crippen molar-refractivity contribution in [2.45, 2.75) is 69.0 Å². The molecule has 13 heteroatoms. The maximum absolute atomic E-state index is 11.7. The highest BCUT2D eigenvalue weighted by molar-refractivity contribution is 7.49. The van der Waals surface area contributed by atoms with Crippen molar-refractivity contribution in [3.8, 4) is 0 Å². The highest BCUT2D eigenvalue weighted by atomic mass is 35.5. The topological polar surface area (TPSA) is 161 Å². The molecule has 2 unspecified atom stereocenters. The van der Waals surface area contributed by atoms with Gasteiger partial charge < -0.3 is 35.8 Å². The molecule has 5 aromatic rings. The molecule has 0 spiro atoms. The lowest BCUT2D eigenvalue weighted by atomic mass is 10.1. The number of imidazole rings is 1. The minimum absolute atomic E-state index is 0.0357. The number of unbranched alkanes of at least 4 members (excludes halogenated alkanes) is 2. The summed E-state index contributed by atoms with van der Waals surface area (Å²) >= 11 is 6.42. The standard InChI is InChI=1S/C34H40ClN6O5P/c1-2-3-9-16-45-18-22(17-20-10-5-4-6-11-20)39-24-15-14-21-12-7-8-13-23(21)29(24)47-33(44)28-26(42)27(43)32(46-28)41-31-25(40-34(41)35)30(36)37-19-38-31/h4-8,10-15,19,22,26-28,32-33,39,42-44,47H,2-3,9,16-18H2,1H3,(H2,36,37,38)/t22-,26-,27+,28-,32+,33?/m0/s1. The number of halogens is 1. The largest absolute Gasteiger partial charge is 0.387 e. The molecule has 0 bridgehead atoms. The Hall–Kier alpha value is -3.41. The maximum atomic E-state index is 11.7. The van der Waals surface area contributed by atoms with Crippen molar-refractivity contribution in [1.29, 1.82) is 0 Å². The highest BCUT2D eigenvalue weighted by Crippen LogP contribution is 2.40. The van der Waals surface area contributed by atoms with Gasteiger partial charge in [-0.05, 0) is 46.8 Å². The third-order valence-electron chi connectivity index (χ3n) is 8.42. The van der Waals surface area contributed by atoms with E-state index in [1.165, 1.54) is 16.5 Å². The molecule has 2 aromatic heterocycles. The molecule has 7 atom stereocenters. The first-order valence-electron chi connectivity index (χ1n) is 15.9. The van der Waals surface area contributed by atoms with Crippen molar-refractivity contribution in [1.82, 2.24) is 19.5 Å². The van der Waals surface area contributed by atoms with E-state index in [0.29, 0.717) is 13.2 Å². The normalized spacial score (nSPS) is 21.2. The Balaban J connectivity index is 1.27. The minimum atomic E-state index is -1.42.